The Bertz CT molecular complexity index is 1550. The first-order valence-electron chi connectivity index (χ1n) is 12.5. The predicted octanol–water partition coefficient (Wildman–Crippen LogP) is 3.77. The van der Waals surface area contributed by atoms with Crippen molar-refractivity contribution >= 4 is 34.2 Å². The number of benzene rings is 2. The number of hydrogen-bond acceptors (Lipinski definition) is 9. The number of para-hydroxylation sites is 1. The number of rotatable bonds is 6. The lowest BCUT2D eigenvalue weighted by molar-refractivity contribution is 0.0601. The van der Waals surface area contributed by atoms with Crippen LogP contribution in [0.4, 0.5) is 17.3 Å². The van der Waals surface area contributed by atoms with Crippen molar-refractivity contribution in [2.24, 2.45) is 7.05 Å². The molecule has 2 aliphatic heterocycles. The highest BCUT2D eigenvalue weighted by atomic mass is 16.5. The first-order valence-corrected chi connectivity index (χ1v) is 12.5. The van der Waals surface area contributed by atoms with Gasteiger partial charge in [-0.05, 0) is 19.5 Å². The molecule has 0 spiro atoms. The van der Waals surface area contributed by atoms with Gasteiger partial charge in [0, 0.05) is 73.2 Å². The molecule has 10 heteroatoms. The lowest BCUT2D eigenvalue weighted by Gasteiger charge is -2.34. The molecule has 2 saturated heterocycles. The molecule has 4 aromatic rings. The van der Waals surface area contributed by atoms with Crippen LogP contribution in [0.5, 0.6) is 11.5 Å². The lowest BCUT2D eigenvalue weighted by atomic mass is 10.1. The maximum Gasteiger partial charge on any atom is 0.341 e. The third kappa shape index (κ3) is 3.88. The molecule has 2 fully saturated rings. The van der Waals surface area contributed by atoms with Crippen molar-refractivity contribution in [1.82, 2.24) is 19.4 Å². The number of aromatic hydroxyl groups is 1. The number of nitrogens with one attached hydrogen (secondary N) is 1. The van der Waals surface area contributed by atoms with Gasteiger partial charge in [0.25, 0.3) is 0 Å². The number of ether oxygens (including phenoxy) is 2. The third-order valence-electron chi connectivity index (χ3n) is 7.71. The van der Waals surface area contributed by atoms with Gasteiger partial charge in [0.1, 0.15) is 17.1 Å². The van der Waals surface area contributed by atoms with E-state index in [1.807, 2.05) is 48.1 Å². The van der Waals surface area contributed by atoms with Crippen LogP contribution in [-0.4, -0.2) is 77.0 Å². The van der Waals surface area contributed by atoms with E-state index in [1.165, 1.54) is 13.3 Å². The molecule has 6 rings (SSSR count). The number of phenols is 1. The Hall–Kier alpha value is -4.31. The van der Waals surface area contributed by atoms with Crippen LogP contribution in [0.3, 0.4) is 0 Å². The highest BCUT2D eigenvalue weighted by Crippen LogP contribution is 2.43. The molecule has 0 unspecified atom stereocenters. The van der Waals surface area contributed by atoms with Crippen molar-refractivity contribution in [1.29, 1.82) is 0 Å². The Morgan fingerprint density at radius 1 is 1.13 bits per heavy atom. The standard InChI is InChI=1S/C28H30N6O4/c1-32-13-17-9-16(32)14-34(17)23-11-25(37-3)21(10-24(23)35)30-28-29-12-19(27(36)38-4)26(31-28)20-15-33(2)22-8-6-5-7-18(20)22/h5-8,10-12,15-17,35H,9,13-14H2,1-4H3,(H,29,30,31)/t16-,17-/m0/s1. The van der Waals surface area contributed by atoms with E-state index in [2.05, 4.69) is 27.1 Å². The van der Waals surface area contributed by atoms with Crippen molar-refractivity contribution < 1.29 is 19.4 Å². The number of phenolic OH excluding ortho intramolecular Hbond substituents is 1. The Labute approximate surface area is 220 Å². The molecule has 2 aromatic heterocycles. The summed E-state index contributed by atoms with van der Waals surface area (Å²) in [5.74, 6) is 0.447. The van der Waals surface area contributed by atoms with Gasteiger partial charge in [-0.1, -0.05) is 18.2 Å². The van der Waals surface area contributed by atoms with Crippen molar-refractivity contribution in [3.05, 3.63) is 54.4 Å². The summed E-state index contributed by atoms with van der Waals surface area (Å²) in [6.07, 6.45) is 4.48. The number of carbonyl (C=O) groups excluding carboxylic acids is 1. The topological polar surface area (TPSA) is 105 Å². The van der Waals surface area contributed by atoms with Crippen LogP contribution in [0.15, 0.2) is 48.8 Å². The third-order valence-corrected chi connectivity index (χ3v) is 7.71. The van der Waals surface area contributed by atoms with Gasteiger partial charge >= 0.3 is 5.97 Å². The summed E-state index contributed by atoms with van der Waals surface area (Å²) in [6, 6.07) is 12.3. The van der Waals surface area contributed by atoms with Crippen LogP contribution in [0, 0.1) is 0 Å². The average Bonchev–Trinajstić information content (AvgIpc) is 3.61. The summed E-state index contributed by atoms with van der Waals surface area (Å²) in [6.45, 7) is 1.85. The summed E-state index contributed by atoms with van der Waals surface area (Å²) in [7, 11) is 7.02. The number of aryl methyl sites for hydroxylation is 1. The van der Waals surface area contributed by atoms with Crippen LogP contribution < -0.4 is 15.0 Å². The van der Waals surface area contributed by atoms with E-state index in [-0.39, 0.29) is 17.3 Å². The number of methoxy groups -OCH3 is 2. The predicted molar refractivity (Wildman–Crippen MR) is 145 cm³/mol. The zero-order chi connectivity index (χ0) is 26.6. The fraction of sp³-hybridized carbons (Fsp3) is 0.321. The van der Waals surface area contributed by atoms with Gasteiger partial charge < -0.3 is 29.4 Å². The van der Waals surface area contributed by atoms with Crippen molar-refractivity contribution in [3.63, 3.8) is 0 Å². The number of likely N-dealkylation sites (N-methyl/N-ethyl adjacent to an activating group) is 1. The fourth-order valence-corrected chi connectivity index (χ4v) is 5.77. The molecule has 2 N–H and O–H groups in total. The fourth-order valence-electron chi connectivity index (χ4n) is 5.77. The van der Waals surface area contributed by atoms with Crippen molar-refractivity contribution in [3.8, 4) is 22.8 Å². The number of fused-ring (bicyclic) bond motifs is 3. The van der Waals surface area contributed by atoms with E-state index >= 15 is 0 Å². The van der Waals surface area contributed by atoms with E-state index in [1.54, 1.807) is 13.2 Å². The summed E-state index contributed by atoms with van der Waals surface area (Å²) >= 11 is 0. The highest BCUT2D eigenvalue weighted by Gasteiger charge is 2.42. The quantitative estimate of drug-likeness (QED) is 0.372. The Morgan fingerprint density at radius 2 is 1.95 bits per heavy atom. The molecular weight excluding hydrogens is 484 g/mol. The van der Waals surface area contributed by atoms with Gasteiger partial charge in [0.05, 0.1) is 31.3 Å². The van der Waals surface area contributed by atoms with Gasteiger partial charge in [0.2, 0.25) is 5.95 Å². The van der Waals surface area contributed by atoms with E-state index in [4.69, 9.17) is 14.5 Å². The minimum Gasteiger partial charge on any atom is -0.506 e. The van der Waals surface area contributed by atoms with Crippen LogP contribution in [0.1, 0.15) is 16.8 Å². The zero-order valence-corrected chi connectivity index (χ0v) is 21.8. The molecule has 38 heavy (non-hydrogen) atoms. The number of likely N-dealkylation sites (tertiary alicyclic amines) is 1. The SMILES string of the molecule is COC(=O)c1cnc(Nc2cc(O)c(N3C[C@@H]4C[C@H]3CN4C)cc2OC)nc1-c1cn(C)c2ccccc12. The van der Waals surface area contributed by atoms with Gasteiger partial charge in [0.15, 0.2) is 0 Å². The van der Waals surface area contributed by atoms with Crippen molar-refractivity contribution in [2.45, 2.75) is 18.5 Å². The molecule has 0 amide bonds. The lowest BCUT2D eigenvalue weighted by Crippen LogP contribution is -2.44. The second-order valence-corrected chi connectivity index (χ2v) is 9.92. The minimum absolute atomic E-state index is 0.156. The second-order valence-electron chi connectivity index (χ2n) is 9.92. The Kier molecular flexibility index (Phi) is 5.83. The van der Waals surface area contributed by atoms with Crippen molar-refractivity contribution in [2.75, 3.05) is 44.6 Å². The van der Waals surface area contributed by atoms with E-state index < -0.39 is 5.97 Å². The number of anilines is 3. The summed E-state index contributed by atoms with van der Waals surface area (Å²) in [4.78, 5) is 26.3. The monoisotopic (exact) mass is 514 g/mol. The van der Waals surface area contributed by atoms with Crippen LogP contribution >= 0.6 is 0 Å². The largest absolute Gasteiger partial charge is 0.506 e. The molecule has 2 bridgehead atoms. The number of piperazine rings is 1. The Balaban J connectivity index is 1.38. The number of hydrogen-bond donors (Lipinski definition) is 2. The smallest absolute Gasteiger partial charge is 0.341 e. The van der Waals surface area contributed by atoms with Gasteiger partial charge in [-0.15, -0.1) is 0 Å². The second kappa shape index (κ2) is 9.21. The van der Waals surface area contributed by atoms with Gasteiger partial charge in [-0.3, -0.25) is 4.90 Å². The summed E-state index contributed by atoms with van der Waals surface area (Å²) < 4.78 is 12.7. The molecular formula is C28H30N6O4. The molecule has 2 atom stereocenters. The molecule has 196 valence electrons. The first-order chi connectivity index (χ1) is 18.4. The van der Waals surface area contributed by atoms with E-state index in [9.17, 15) is 9.90 Å². The number of esters is 1. The number of nitrogens with zero attached hydrogens (tertiary/aromatic N) is 5. The summed E-state index contributed by atoms with van der Waals surface area (Å²) in [5.41, 5.74) is 3.77. The summed E-state index contributed by atoms with van der Waals surface area (Å²) in [5, 5.41) is 15.1. The molecule has 10 nitrogen and oxygen atoms in total. The number of carbonyl (C=O) groups is 1. The molecule has 2 aromatic carbocycles. The zero-order valence-electron chi connectivity index (χ0n) is 21.8. The van der Waals surface area contributed by atoms with Gasteiger partial charge in [-0.25, -0.2) is 14.8 Å². The minimum atomic E-state index is -0.524. The van der Waals surface area contributed by atoms with Crippen LogP contribution in [-0.2, 0) is 11.8 Å². The van der Waals surface area contributed by atoms with Crippen LogP contribution in [0.2, 0.25) is 0 Å². The normalized spacial score (nSPS) is 18.8. The molecule has 0 aliphatic carbocycles. The average molecular weight is 515 g/mol. The number of aromatic nitrogens is 3. The highest BCUT2D eigenvalue weighted by molar-refractivity contribution is 6.02. The molecule has 4 heterocycles. The van der Waals surface area contributed by atoms with E-state index in [0.717, 1.165) is 41.7 Å². The first kappa shape index (κ1) is 24.1. The molecule has 0 radical (unpaired) electrons. The van der Waals surface area contributed by atoms with E-state index in [0.29, 0.717) is 29.2 Å². The molecule has 2 aliphatic rings. The molecule has 0 saturated carbocycles. The Morgan fingerprint density at radius 3 is 2.66 bits per heavy atom. The maximum atomic E-state index is 12.6. The van der Waals surface area contributed by atoms with Crippen LogP contribution in [0.25, 0.3) is 22.2 Å². The van der Waals surface area contributed by atoms with Gasteiger partial charge in [-0.2, -0.15) is 0 Å². The maximum absolute atomic E-state index is 12.6.